The third-order valence-electron chi connectivity index (χ3n) is 3.47. The maximum atomic E-state index is 11.2. The van der Waals surface area contributed by atoms with Gasteiger partial charge in [0.2, 0.25) is 5.91 Å². The molecule has 2 aromatic carbocycles. The van der Waals surface area contributed by atoms with Gasteiger partial charge in [-0.1, -0.05) is 18.2 Å². The Hall–Kier alpha value is -2.03. The number of carbonyl (C=O) groups excluding carboxylic acids is 1. The number of hydrogen-bond acceptors (Lipinski definition) is 2. The van der Waals surface area contributed by atoms with Crippen LogP contribution in [0.3, 0.4) is 0 Å². The number of hydrogen-bond donors (Lipinski definition) is 1. The molecule has 1 aliphatic rings. The first-order valence-electron chi connectivity index (χ1n) is 6.13. The standard InChI is InChI=1S/C15H15NO2/c1-18-13-5-4-10-8-12(3-2-11(10)9-13)14-6-7-15(17)16-14/h2-5,8-9,14H,6-7H2,1H3,(H,16,17). The van der Waals surface area contributed by atoms with Gasteiger partial charge >= 0.3 is 0 Å². The van der Waals surface area contributed by atoms with Crippen molar-refractivity contribution in [3.63, 3.8) is 0 Å². The van der Waals surface area contributed by atoms with E-state index in [4.69, 9.17) is 4.74 Å². The largest absolute Gasteiger partial charge is 0.497 e. The van der Waals surface area contributed by atoms with Crippen LogP contribution in [0.4, 0.5) is 0 Å². The lowest BCUT2D eigenvalue weighted by atomic mass is 10.0. The molecule has 1 amide bonds. The molecule has 1 unspecified atom stereocenters. The number of amides is 1. The summed E-state index contributed by atoms with van der Waals surface area (Å²) in [7, 11) is 1.67. The second-order valence-corrected chi connectivity index (χ2v) is 4.63. The Balaban J connectivity index is 1.98. The molecule has 1 heterocycles. The second-order valence-electron chi connectivity index (χ2n) is 4.63. The first-order valence-corrected chi connectivity index (χ1v) is 6.13. The van der Waals surface area contributed by atoms with Gasteiger partial charge in [-0.25, -0.2) is 0 Å². The van der Waals surface area contributed by atoms with Gasteiger partial charge < -0.3 is 10.1 Å². The molecule has 1 N–H and O–H groups in total. The predicted octanol–water partition coefficient (Wildman–Crippen LogP) is 2.80. The fourth-order valence-electron chi connectivity index (χ4n) is 2.45. The van der Waals surface area contributed by atoms with E-state index in [0.29, 0.717) is 6.42 Å². The monoisotopic (exact) mass is 241 g/mol. The van der Waals surface area contributed by atoms with Crippen molar-refractivity contribution in [1.29, 1.82) is 0 Å². The summed E-state index contributed by atoms with van der Waals surface area (Å²) in [6.45, 7) is 0. The number of ether oxygens (including phenoxy) is 1. The minimum absolute atomic E-state index is 0.148. The number of benzene rings is 2. The van der Waals surface area contributed by atoms with Crippen LogP contribution in [0.1, 0.15) is 24.4 Å². The van der Waals surface area contributed by atoms with Crippen molar-refractivity contribution in [3.8, 4) is 5.75 Å². The number of carbonyl (C=O) groups is 1. The van der Waals surface area contributed by atoms with Crippen LogP contribution >= 0.6 is 0 Å². The average molecular weight is 241 g/mol. The summed E-state index contributed by atoms with van der Waals surface area (Å²) in [6, 6.07) is 12.5. The summed E-state index contributed by atoms with van der Waals surface area (Å²) in [5.74, 6) is 1.01. The molecule has 92 valence electrons. The molecule has 18 heavy (non-hydrogen) atoms. The molecular formula is C15H15NO2. The van der Waals surface area contributed by atoms with Crippen LogP contribution in [0.2, 0.25) is 0 Å². The van der Waals surface area contributed by atoms with E-state index in [9.17, 15) is 4.79 Å². The van der Waals surface area contributed by atoms with Crippen LogP contribution in [-0.4, -0.2) is 13.0 Å². The van der Waals surface area contributed by atoms with Crippen molar-refractivity contribution in [2.75, 3.05) is 7.11 Å². The van der Waals surface area contributed by atoms with Crippen molar-refractivity contribution >= 4 is 16.7 Å². The van der Waals surface area contributed by atoms with Crippen molar-refractivity contribution in [2.45, 2.75) is 18.9 Å². The minimum atomic E-state index is 0.148. The summed E-state index contributed by atoms with van der Waals surface area (Å²) >= 11 is 0. The average Bonchev–Trinajstić information content (AvgIpc) is 2.84. The van der Waals surface area contributed by atoms with Crippen LogP contribution in [0.5, 0.6) is 5.75 Å². The van der Waals surface area contributed by atoms with Crippen LogP contribution in [0, 0.1) is 0 Å². The van der Waals surface area contributed by atoms with Crippen molar-refractivity contribution in [2.24, 2.45) is 0 Å². The predicted molar refractivity (Wildman–Crippen MR) is 70.6 cm³/mol. The van der Waals surface area contributed by atoms with E-state index in [1.54, 1.807) is 7.11 Å². The number of rotatable bonds is 2. The highest BCUT2D eigenvalue weighted by Gasteiger charge is 2.22. The highest BCUT2D eigenvalue weighted by atomic mass is 16.5. The molecule has 1 aliphatic heterocycles. The molecule has 0 radical (unpaired) electrons. The summed E-state index contributed by atoms with van der Waals surface area (Å²) in [4.78, 5) is 11.2. The molecule has 0 bridgehead atoms. The topological polar surface area (TPSA) is 38.3 Å². The number of methoxy groups -OCH3 is 1. The van der Waals surface area contributed by atoms with E-state index >= 15 is 0 Å². The van der Waals surface area contributed by atoms with Crippen LogP contribution in [0.25, 0.3) is 10.8 Å². The SMILES string of the molecule is COc1ccc2cc(C3CCC(=O)N3)ccc2c1. The Morgan fingerprint density at radius 1 is 1.17 bits per heavy atom. The molecule has 0 aromatic heterocycles. The minimum Gasteiger partial charge on any atom is -0.497 e. The molecule has 0 aliphatic carbocycles. The van der Waals surface area contributed by atoms with E-state index in [1.165, 1.54) is 10.9 Å². The van der Waals surface area contributed by atoms with Crippen LogP contribution in [-0.2, 0) is 4.79 Å². The molecule has 2 aromatic rings. The van der Waals surface area contributed by atoms with Gasteiger partial charge in [-0.05, 0) is 41.0 Å². The summed E-state index contributed by atoms with van der Waals surface area (Å²) in [6.07, 6.45) is 1.52. The lowest BCUT2D eigenvalue weighted by Gasteiger charge is -2.11. The van der Waals surface area contributed by atoms with E-state index in [0.717, 1.165) is 17.6 Å². The Bertz CT molecular complexity index is 606. The Morgan fingerprint density at radius 2 is 1.94 bits per heavy atom. The maximum Gasteiger partial charge on any atom is 0.220 e. The van der Waals surface area contributed by atoms with Gasteiger partial charge in [-0.15, -0.1) is 0 Å². The van der Waals surface area contributed by atoms with E-state index in [-0.39, 0.29) is 11.9 Å². The molecule has 1 fully saturated rings. The molecule has 1 saturated heterocycles. The Morgan fingerprint density at radius 3 is 2.67 bits per heavy atom. The fourth-order valence-corrected chi connectivity index (χ4v) is 2.45. The fraction of sp³-hybridized carbons (Fsp3) is 0.267. The van der Waals surface area contributed by atoms with Gasteiger partial charge in [0.1, 0.15) is 5.75 Å². The van der Waals surface area contributed by atoms with Gasteiger partial charge in [0.15, 0.2) is 0 Å². The van der Waals surface area contributed by atoms with E-state index < -0.39 is 0 Å². The Labute approximate surface area is 106 Å². The smallest absolute Gasteiger partial charge is 0.220 e. The van der Waals surface area contributed by atoms with Crippen molar-refractivity contribution in [1.82, 2.24) is 5.32 Å². The summed E-state index contributed by atoms with van der Waals surface area (Å²) in [5, 5.41) is 5.32. The van der Waals surface area contributed by atoms with Crippen molar-refractivity contribution in [3.05, 3.63) is 42.0 Å². The van der Waals surface area contributed by atoms with Crippen molar-refractivity contribution < 1.29 is 9.53 Å². The van der Waals surface area contributed by atoms with Crippen LogP contribution in [0.15, 0.2) is 36.4 Å². The van der Waals surface area contributed by atoms with Gasteiger partial charge in [-0.3, -0.25) is 4.79 Å². The summed E-state index contributed by atoms with van der Waals surface area (Å²) in [5.41, 5.74) is 1.18. The zero-order chi connectivity index (χ0) is 12.5. The third kappa shape index (κ3) is 1.92. The van der Waals surface area contributed by atoms with Crippen LogP contribution < -0.4 is 10.1 Å². The van der Waals surface area contributed by atoms with Gasteiger partial charge in [0, 0.05) is 6.42 Å². The molecule has 0 spiro atoms. The maximum absolute atomic E-state index is 11.2. The zero-order valence-electron chi connectivity index (χ0n) is 10.3. The quantitative estimate of drug-likeness (QED) is 0.878. The highest BCUT2D eigenvalue weighted by Crippen LogP contribution is 2.28. The van der Waals surface area contributed by atoms with Gasteiger partial charge in [0.05, 0.1) is 13.2 Å². The number of nitrogens with one attached hydrogen (secondary N) is 1. The van der Waals surface area contributed by atoms with E-state index in [1.807, 2.05) is 12.1 Å². The molecule has 0 saturated carbocycles. The first kappa shape index (κ1) is 11.1. The second kappa shape index (κ2) is 4.33. The third-order valence-corrected chi connectivity index (χ3v) is 3.47. The molecule has 3 nitrogen and oxygen atoms in total. The zero-order valence-corrected chi connectivity index (χ0v) is 10.3. The lowest BCUT2D eigenvalue weighted by molar-refractivity contribution is -0.119. The van der Waals surface area contributed by atoms with Gasteiger partial charge in [0.25, 0.3) is 0 Å². The summed E-state index contributed by atoms with van der Waals surface area (Å²) < 4.78 is 5.21. The first-order chi connectivity index (χ1) is 8.76. The lowest BCUT2D eigenvalue weighted by Crippen LogP contribution is -2.18. The Kier molecular flexibility index (Phi) is 2.67. The van der Waals surface area contributed by atoms with Gasteiger partial charge in [-0.2, -0.15) is 0 Å². The number of fused-ring (bicyclic) bond motifs is 1. The molecule has 3 rings (SSSR count). The van der Waals surface area contributed by atoms with E-state index in [2.05, 4.69) is 29.6 Å². The highest BCUT2D eigenvalue weighted by molar-refractivity contribution is 5.85. The molecule has 1 atom stereocenters. The normalized spacial score (nSPS) is 18.9. The molecular weight excluding hydrogens is 226 g/mol. The molecule has 3 heteroatoms.